The summed E-state index contributed by atoms with van der Waals surface area (Å²) in [6.45, 7) is 3.93. The van der Waals surface area contributed by atoms with E-state index in [2.05, 4.69) is 41.5 Å². The summed E-state index contributed by atoms with van der Waals surface area (Å²) in [5, 5.41) is 15.0. The minimum absolute atomic E-state index is 0.162. The van der Waals surface area contributed by atoms with E-state index in [1.807, 2.05) is 67.6 Å². The fourth-order valence-electron chi connectivity index (χ4n) is 8.06. The zero-order valence-electron chi connectivity index (χ0n) is 33.8. The maximum Gasteiger partial charge on any atom is 0.251 e. The molecule has 6 rings (SSSR count). The SMILES string of the molecule is CC[C@H](NC)C(=O)N[C@@H]1C(=O)N2[C@@H](CC[C@@H]1CNC(=O)c1ccccc1)CC[C@H]2C(=O)N[C@@H](C(=O)NCCN(Cc1ccccn1)Cc1ccccn1)c1ccccc1. The number of amides is 5. The molecule has 310 valence electrons. The third kappa shape index (κ3) is 11.4. The first-order valence-electron chi connectivity index (χ1n) is 20.5. The highest BCUT2D eigenvalue weighted by molar-refractivity contribution is 5.96. The molecular weight excluding hydrogens is 747 g/mol. The number of carbonyl (C=O) groups excluding carboxylic acids is 5. The Labute approximate surface area is 346 Å². The lowest BCUT2D eigenvalue weighted by atomic mass is 9.92. The molecule has 4 aromatic rings. The van der Waals surface area contributed by atoms with Gasteiger partial charge in [-0.15, -0.1) is 0 Å². The number of likely N-dealkylation sites (N-methyl/N-ethyl adjacent to an activating group) is 1. The standard InChI is InChI=1S/C45H55N9O5/c1-3-37(46-2)42(56)52-40-33(28-50-41(55)32-16-8-5-9-17-32)20-21-36-22-23-38(54(36)45(40)59)43(57)51-39(31-14-6-4-7-15-31)44(58)49-26-27-53(29-34-18-10-12-24-47-34)30-35-19-11-13-25-48-35/h4-19,24-25,33,36-40,46H,3,20-23,26-30H2,1-2H3,(H,49,58)(H,50,55)(H,51,57)(H,52,56)/t33-,36+,37+,38+,39-,40+/m1/s1. The highest BCUT2D eigenvalue weighted by Crippen LogP contribution is 2.34. The van der Waals surface area contributed by atoms with Gasteiger partial charge in [-0.3, -0.25) is 38.8 Å². The zero-order valence-corrected chi connectivity index (χ0v) is 33.8. The minimum Gasteiger partial charge on any atom is -0.353 e. The van der Waals surface area contributed by atoms with Gasteiger partial charge in [0, 0.05) is 62.6 Å². The zero-order chi connectivity index (χ0) is 41.6. The maximum absolute atomic E-state index is 14.7. The average molecular weight is 802 g/mol. The molecule has 2 fully saturated rings. The Morgan fingerprint density at radius 3 is 2.02 bits per heavy atom. The van der Waals surface area contributed by atoms with Crippen molar-refractivity contribution in [2.45, 2.75) is 82.3 Å². The van der Waals surface area contributed by atoms with E-state index in [0.29, 0.717) is 69.4 Å². The van der Waals surface area contributed by atoms with Gasteiger partial charge in [0.2, 0.25) is 23.6 Å². The van der Waals surface area contributed by atoms with E-state index in [9.17, 15) is 24.0 Å². The van der Waals surface area contributed by atoms with Crippen LogP contribution in [0.1, 0.15) is 72.4 Å². The van der Waals surface area contributed by atoms with Crippen LogP contribution in [0, 0.1) is 5.92 Å². The van der Waals surface area contributed by atoms with Crippen molar-refractivity contribution in [3.05, 3.63) is 132 Å². The molecule has 0 saturated carbocycles. The number of hydrogen-bond donors (Lipinski definition) is 5. The van der Waals surface area contributed by atoms with Gasteiger partial charge < -0.3 is 31.5 Å². The number of nitrogens with zero attached hydrogens (tertiary/aromatic N) is 4. The van der Waals surface area contributed by atoms with Crippen molar-refractivity contribution in [1.82, 2.24) is 46.4 Å². The monoisotopic (exact) mass is 801 g/mol. The molecule has 0 radical (unpaired) electrons. The molecular formula is C45H55N9O5. The molecule has 0 bridgehead atoms. The van der Waals surface area contributed by atoms with Gasteiger partial charge in [0.25, 0.3) is 5.91 Å². The second-order valence-electron chi connectivity index (χ2n) is 15.1. The average Bonchev–Trinajstić information content (AvgIpc) is 3.65. The highest BCUT2D eigenvalue weighted by atomic mass is 16.2. The molecule has 0 aliphatic carbocycles. The number of benzene rings is 2. The number of carbonyl (C=O) groups is 5. The van der Waals surface area contributed by atoms with Gasteiger partial charge in [0.05, 0.1) is 17.4 Å². The van der Waals surface area contributed by atoms with Crippen LogP contribution in [0.15, 0.2) is 109 Å². The fourth-order valence-corrected chi connectivity index (χ4v) is 8.06. The van der Waals surface area contributed by atoms with Crippen molar-refractivity contribution in [3.63, 3.8) is 0 Å². The highest BCUT2D eigenvalue weighted by Gasteiger charge is 2.48. The molecule has 5 amide bonds. The number of fused-ring (bicyclic) bond motifs is 1. The van der Waals surface area contributed by atoms with E-state index in [0.717, 1.165) is 11.4 Å². The number of pyridine rings is 2. The smallest absolute Gasteiger partial charge is 0.251 e. The van der Waals surface area contributed by atoms with Gasteiger partial charge in [-0.05, 0) is 81.1 Å². The lowest BCUT2D eigenvalue weighted by Crippen LogP contribution is -2.59. The molecule has 2 aliphatic rings. The van der Waals surface area contributed by atoms with Crippen molar-refractivity contribution in [2.24, 2.45) is 5.92 Å². The third-order valence-corrected chi connectivity index (χ3v) is 11.2. The van der Waals surface area contributed by atoms with Crippen molar-refractivity contribution < 1.29 is 24.0 Å². The Bertz CT molecular complexity index is 1940. The summed E-state index contributed by atoms with van der Waals surface area (Å²) in [5.41, 5.74) is 2.87. The first-order valence-corrected chi connectivity index (χ1v) is 20.5. The van der Waals surface area contributed by atoms with Crippen LogP contribution >= 0.6 is 0 Å². The maximum atomic E-state index is 14.7. The molecule has 14 heteroatoms. The van der Waals surface area contributed by atoms with Crippen molar-refractivity contribution in [2.75, 3.05) is 26.7 Å². The van der Waals surface area contributed by atoms with Gasteiger partial charge in [-0.2, -0.15) is 0 Å². The van der Waals surface area contributed by atoms with Crippen LogP contribution in [-0.4, -0.2) is 100 Å². The molecule has 0 spiro atoms. The lowest BCUT2D eigenvalue weighted by Gasteiger charge is -2.33. The summed E-state index contributed by atoms with van der Waals surface area (Å²) in [6, 6.07) is 25.8. The molecule has 59 heavy (non-hydrogen) atoms. The summed E-state index contributed by atoms with van der Waals surface area (Å²) in [7, 11) is 1.69. The van der Waals surface area contributed by atoms with E-state index >= 15 is 0 Å². The quantitative estimate of drug-likeness (QED) is 0.101. The number of nitrogens with one attached hydrogen (secondary N) is 5. The van der Waals surface area contributed by atoms with Crippen LogP contribution in [-0.2, 0) is 32.3 Å². The van der Waals surface area contributed by atoms with Crippen LogP contribution in [0.25, 0.3) is 0 Å². The Morgan fingerprint density at radius 2 is 1.41 bits per heavy atom. The Balaban J connectivity index is 1.16. The van der Waals surface area contributed by atoms with Gasteiger partial charge in [0.1, 0.15) is 18.1 Å². The first-order chi connectivity index (χ1) is 28.7. The summed E-state index contributed by atoms with van der Waals surface area (Å²) in [5.74, 6) is -2.21. The third-order valence-electron chi connectivity index (χ3n) is 11.2. The van der Waals surface area contributed by atoms with Crippen LogP contribution < -0.4 is 26.6 Å². The van der Waals surface area contributed by atoms with Gasteiger partial charge >= 0.3 is 0 Å². The predicted octanol–water partition coefficient (Wildman–Crippen LogP) is 3.13. The fraction of sp³-hybridized carbons (Fsp3) is 0.400. The topological polar surface area (TPSA) is 178 Å². The summed E-state index contributed by atoms with van der Waals surface area (Å²) >= 11 is 0. The number of rotatable bonds is 18. The molecule has 2 aromatic carbocycles. The van der Waals surface area contributed by atoms with E-state index in [1.54, 1.807) is 60.7 Å². The van der Waals surface area contributed by atoms with E-state index < -0.39 is 36.0 Å². The molecule has 2 aliphatic heterocycles. The molecule has 14 nitrogen and oxygen atoms in total. The van der Waals surface area contributed by atoms with Crippen LogP contribution in [0.3, 0.4) is 0 Å². The molecule has 6 atom stereocenters. The molecule has 2 aromatic heterocycles. The van der Waals surface area contributed by atoms with E-state index in [4.69, 9.17) is 0 Å². The molecule has 5 N–H and O–H groups in total. The van der Waals surface area contributed by atoms with E-state index in [-0.39, 0.29) is 36.2 Å². The van der Waals surface area contributed by atoms with Crippen molar-refractivity contribution >= 4 is 29.5 Å². The van der Waals surface area contributed by atoms with Gasteiger partial charge in [-0.25, -0.2) is 0 Å². The van der Waals surface area contributed by atoms with Crippen molar-refractivity contribution in [1.29, 1.82) is 0 Å². The van der Waals surface area contributed by atoms with Gasteiger partial charge in [0.15, 0.2) is 0 Å². The number of hydrogen-bond acceptors (Lipinski definition) is 9. The summed E-state index contributed by atoms with van der Waals surface area (Å²) in [4.78, 5) is 82.3. The molecule has 0 unspecified atom stereocenters. The molecule has 4 heterocycles. The first kappa shape index (κ1) is 42.6. The van der Waals surface area contributed by atoms with Crippen LogP contribution in [0.2, 0.25) is 0 Å². The Morgan fingerprint density at radius 1 is 0.780 bits per heavy atom. The van der Waals surface area contributed by atoms with Gasteiger partial charge in [-0.1, -0.05) is 67.6 Å². The minimum atomic E-state index is -1.03. The second kappa shape index (κ2) is 21.1. The predicted molar refractivity (Wildman–Crippen MR) is 223 cm³/mol. The van der Waals surface area contributed by atoms with E-state index in [1.165, 1.54) is 0 Å². The summed E-state index contributed by atoms with van der Waals surface area (Å²) < 4.78 is 0. The lowest BCUT2D eigenvalue weighted by molar-refractivity contribution is -0.144. The molecule has 2 saturated heterocycles. The Kier molecular flexibility index (Phi) is 15.3. The Hall–Kier alpha value is -5.99. The van der Waals surface area contributed by atoms with Crippen LogP contribution in [0.5, 0.6) is 0 Å². The normalized spacial score (nSPS) is 19.8. The summed E-state index contributed by atoms with van der Waals surface area (Å²) in [6.07, 6.45) is 6.14. The second-order valence-corrected chi connectivity index (χ2v) is 15.1. The largest absolute Gasteiger partial charge is 0.353 e. The van der Waals surface area contributed by atoms with Crippen molar-refractivity contribution in [3.8, 4) is 0 Å². The number of aromatic nitrogens is 2. The van der Waals surface area contributed by atoms with Crippen LogP contribution in [0.4, 0.5) is 0 Å².